The molecule has 0 bridgehead atoms. The standard InChI is InChI=1S/C26H34N4O4/c1-18-7-9-19(10-8-18)20-15-22(28-23(31)21(20)16-27)26(5,6)17-29-11-13-30(14-12-29)34-24(32)33-25(2,3)4/h7-10,15H,11-14,17H2,1-6H3,(H,28,31). The normalized spacial score (nSPS) is 15.6. The lowest BCUT2D eigenvalue weighted by atomic mass is 9.85. The largest absolute Gasteiger partial charge is 0.528 e. The molecule has 0 unspecified atom stereocenters. The van der Waals surface area contributed by atoms with E-state index in [-0.39, 0.29) is 16.5 Å². The Bertz CT molecular complexity index is 1120. The van der Waals surface area contributed by atoms with Gasteiger partial charge in [-0.2, -0.15) is 5.26 Å². The van der Waals surface area contributed by atoms with Crippen molar-refractivity contribution in [3.05, 3.63) is 57.5 Å². The highest BCUT2D eigenvalue weighted by Gasteiger charge is 2.30. The molecule has 1 saturated heterocycles. The molecule has 8 heteroatoms. The predicted octanol–water partition coefficient (Wildman–Crippen LogP) is 3.98. The minimum absolute atomic E-state index is 0.122. The maximum atomic E-state index is 12.8. The highest BCUT2D eigenvalue weighted by Crippen LogP contribution is 2.29. The van der Waals surface area contributed by atoms with Crippen molar-refractivity contribution in [2.75, 3.05) is 32.7 Å². The van der Waals surface area contributed by atoms with E-state index in [1.165, 1.54) is 0 Å². The van der Waals surface area contributed by atoms with E-state index >= 15 is 0 Å². The van der Waals surface area contributed by atoms with Crippen molar-refractivity contribution in [2.45, 2.75) is 52.6 Å². The number of aryl methyl sites for hydroxylation is 1. The molecule has 1 aromatic carbocycles. The minimum Gasteiger partial charge on any atom is -0.427 e. The van der Waals surface area contributed by atoms with Crippen LogP contribution in [0, 0.1) is 18.3 Å². The van der Waals surface area contributed by atoms with E-state index in [2.05, 4.69) is 29.8 Å². The van der Waals surface area contributed by atoms with Gasteiger partial charge in [-0.3, -0.25) is 9.69 Å². The number of carbonyl (C=O) groups is 1. The van der Waals surface area contributed by atoms with Crippen molar-refractivity contribution >= 4 is 6.16 Å². The maximum absolute atomic E-state index is 12.8. The number of H-pyrrole nitrogens is 1. The number of carbonyl (C=O) groups excluding carboxylic acids is 1. The summed E-state index contributed by atoms with van der Waals surface area (Å²) < 4.78 is 5.22. The van der Waals surface area contributed by atoms with Crippen LogP contribution in [0.15, 0.2) is 35.1 Å². The Morgan fingerprint density at radius 2 is 1.71 bits per heavy atom. The Morgan fingerprint density at radius 1 is 1.09 bits per heavy atom. The lowest BCUT2D eigenvalue weighted by Gasteiger charge is -2.38. The second-order valence-corrected chi connectivity index (χ2v) is 10.4. The van der Waals surface area contributed by atoms with Crippen LogP contribution in [-0.4, -0.2) is 59.4 Å². The average Bonchev–Trinajstić information content (AvgIpc) is 2.73. The maximum Gasteiger partial charge on any atom is 0.528 e. The molecular weight excluding hydrogens is 432 g/mol. The summed E-state index contributed by atoms with van der Waals surface area (Å²) in [5, 5.41) is 11.2. The van der Waals surface area contributed by atoms with Gasteiger partial charge in [-0.25, -0.2) is 4.79 Å². The van der Waals surface area contributed by atoms with Gasteiger partial charge in [0.15, 0.2) is 0 Å². The summed E-state index contributed by atoms with van der Waals surface area (Å²) >= 11 is 0. The quantitative estimate of drug-likeness (QED) is 0.666. The molecule has 0 atom stereocenters. The minimum atomic E-state index is -0.694. The van der Waals surface area contributed by atoms with Gasteiger partial charge in [0, 0.05) is 49.4 Å². The van der Waals surface area contributed by atoms with Crippen molar-refractivity contribution in [1.82, 2.24) is 14.9 Å². The molecule has 1 N–H and O–H groups in total. The van der Waals surface area contributed by atoms with Gasteiger partial charge in [-0.15, -0.1) is 5.06 Å². The summed E-state index contributed by atoms with van der Waals surface area (Å²) in [6.45, 7) is 14.8. The van der Waals surface area contributed by atoms with Crippen LogP contribution < -0.4 is 5.56 Å². The molecule has 0 spiro atoms. The first-order valence-corrected chi connectivity index (χ1v) is 11.5. The van der Waals surface area contributed by atoms with Crippen LogP contribution in [0.5, 0.6) is 0 Å². The number of pyridine rings is 1. The van der Waals surface area contributed by atoms with Crippen LogP contribution in [0.4, 0.5) is 4.79 Å². The second kappa shape index (κ2) is 10.00. The van der Waals surface area contributed by atoms with Crippen LogP contribution in [0.1, 0.15) is 51.4 Å². The van der Waals surface area contributed by atoms with Crippen LogP contribution >= 0.6 is 0 Å². The SMILES string of the molecule is Cc1ccc(-c2cc(C(C)(C)CN3CCN(OC(=O)OC(C)(C)C)CC3)[nH]c(=O)c2C#N)cc1. The molecule has 1 fully saturated rings. The second-order valence-electron chi connectivity index (χ2n) is 10.4. The number of aromatic amines is 1. The van der Waals surface area contributed by atoms with Gasteiger partial charge in [0.05, 0.1) is 0 Å². The lowest BCUT2D eigenvalue weighted by molar-refractivity contribution is -0.158. The average molecular weight is 467 g/mol. The first kappa shape index (κ1) is 25.5. The molecular formula is C26H34N4O4. The molecule has 1 aliphatic rings. The number of hydroxylamine groups is 2. The van der Waals surface area contributed by atoms with Crippen molar-refractivity contribution in [1.29, 1.82) is 5.26 Å². The van der Waals surface area contributed by atoms with Crippen LogP contribution in [0.2, 0.25) is 0 Å². The molecule has 2 heterocycles. The first-order chi connectivity index (χ1) is 15.9. The number of rotatable bonds is 5. The molecule has 1 aliphatic heterocycles. The zero-order chi connectivity index (χ0) is 25.1. The van der Waals surface area contributed by atoms with Gasteiger partial charge in [0.25, 0.3) is 5.56 Å². The Labute approximate surface area is 201 Å². The molecule has 0 aliphatic carbocycles. The van der Waals surface area contributed by atoms with Gasteiger partial charge in [0.2, 0.25) is 0 Å². The summed E-state index contributed by atoms with van der Waals surface area (Å²) in [5.74, 6) is 0. The van der Waals surface area contributed by atoms with E-state index in [9.17, 15) is 14.9 Å². The highest BCUT2D eigenvalue weighted by molar-refractivity contribution is 5.70. The van der Waals surface area contributed by atoms with Crippen LogP contribution in [0.3, 0.4) is 0 Å². The topological polar surface area (TPSA) is 98.7 Å². The number of nitriles is 1. The first-order valence-electron chi connectivity index (χ1n) is 11.5. The van der Waals surface area contributed by atoms with Crippen LogP contribution in [0.25, 0.3) is 11.1 Å². The monoisotopic (exact) mass is 466 g/mol. The van der Waals surface area contributed by atoms with E-state index in [1.807, 2.05) is 37.3 Å². The Balaban J connectivity index is 1.71. The number of hydrogen-bond acceptors (Lipinski definition) is 7. The molecule has 0 radical (unpaired) electrons. The third-order valence-electron chi connectivity index (χ3n) is 5.78. The van der Waals surface area contributed by atoms with E-state index in [0.29, 0.717) is 38.3 Å². The van der Waals surface area contributed by atoms with Gasteiger partial charge >= 0.3 is 6.16 Å². The summed E-state index contributed by atoms with van der Waals surface area (Å²) in [7, 11) is 0. The smallest absolute Gasteiger partial charge is 0.427 e. The molecule has 8 nitrogen and oxygen atoms in total. The zero-order valence-electron chi connectivity index (χ0n) is 20.9. The fourth-order valence-corrected chi connectivity index (χ4v) is 3.99. The Kier molecular flexibility index (Phi) is 7.49. The number of nitrogens with one attached hydrogen (secondary N) is 1. The molecule has 34 heavy (non-hydrogen) atoms. The Hall–Kier alpha value is -3.15. The molecule has 1 aromatic heterocycles. The number of benzene rings is 1. The number of ether oxygens (including phenoxy) is 1. The van der Waals surface area contributed by atoms with Gasteiger partial charge in [-0.05, 0) is 39.3 Å². The molecule has 0 amide bonds. The van der Waals surface area contributed by atoms with Crippen molar-refractivity contribution < 1.29 is 14.4 Å². The predicted molar refractivity (Wildman–Crippen MR) is 130 cm³/mol. The fourth-order valence-electron chi connectivity index (χ4n) is 3.99. The third-order valence-corrected chi connectivity index (χ3v) is 5.78. The van der Waals surface area contributed by atoms with Crippen molar-refractivity contribution in [2.24, 2.45) is 0 Å². The molecule has 3 rings (SSSR count). The van der Waals surface area contributed by atoms with E-state index < -0.39 is 11.8 Å². The van der Waals surface area contributed by atoms with E-state index in [0.717, 1.165) is 16.8 Å². The summed E-state index contributed by atoms with van der Waals surface area (Å²) in [6.07, 6.45) is -0.694. The van der Waals surface area contributed by atoms with Crippen LogP contribution in [-0.2, 0) is 15.0 Å². The summed E-state index contributed by atoms with van der Waals surface area (Å²) in [4.78, 5) is 35.2. The van der Waals surface area contributed by atoms with Crippen molar-refractivity contribution in [3.63, 3.8) is 0 Å². The highest BCUT2D eigenvalue weighted by atomic mass is 16.8. The van der Waals surface area contributed by atoms with E-state index in [4.69, 9.17) is 9.57 Å². The third kappa shape index (κ3) is 6.46. The summed E-state index contributed by atoms with van der Waals surface area (Å²) in [5.41, 5.74) is 2.15. The van der Waals surface area contributed by atoms with E-state index in [1.54, 1.807) is 25.8 Å². The zero-order valence-corrected chi connectivity index (χ0v) is 20.9. The van der Waals surface area contributed by atoms with Crippen molar-refractivity contribution in [3.8, 4) is 17.2 Å². The number of aromatic nitrogens is 1. The lowest BCUT2D eigenvalue weighted by Crippen LogP contribution is -2.50. The number of hydrogen-bond donors (Lipinski definition) is 1. The molecule has 0 saturated carbocycles. The summed E-state index contributed by atoms with van der Waals surface area (Å²) in [6, 6.07) is 11.8. The Morgan fingerprint density at radius 3 is 2.26 bits per heavy atom. The van der Waals surface area contributed by atoms with Gasteiger partial charge in [-0.1, -0.05) is 43.7 Å². The molecule has 2 aromatic rings. The fraction of sp³-hybridized carbons (Fsp3) is 0.500. The van der Waals surface area contributed by atoms with Gasteiger partial charge in [0.1, 0.15) is 17.2 Å². The van der Waals surface area contributed by atoms with Gasteiger partial charge < -0.3 is 14.6 Å². The number of piperazine rings is 1. The number of nitrogens with zero attached hydrogens (tertiary/aromatic N) is 3. The molecule has 182 valence electrons.